The summed E-state index contributed by atoms with van der Waals surface area (Å²) in [6, 6.07) is 18.2. The Balaban J connectivity index is 1.73. The number of nitrogens with zero attached hydrogens (tertiary/aromatic N) is 2. The molecule has 0 radical (unpaired) electrons. The van der Waals surface area contributed by atoms with Gasteiger partial charge in [0.1, 0.15) is 11.5 Å². The molecular weight excluding hydrogens is 374 g/mol. The molecule has 0 spiro atoms. The minimum atomic E-state index is 0.340. The van der Waals surface area contributed by atoms with Gasteiger partial charge in [0.25, 0.3) is 0 Å². The van der Waals surface area contributed by atoms with Crippen LogP contribution in [0.2, 0.25) is 0 Å². The number of pyridine rings is 1. The first-order valence-corrected chi connectivity index (χ1v) is 10.6. The average molecular weight is 404 g/mol. The van der Waals surface area contributed by atoms with Crippen LogP contribution in [0.3, 0.4) is 0 Å². The minimum Gasteiger partial charge on any atom is -0.497 e. The molecule has 1 atom stereocenters. The van der Waals surface area contributed by atoms with Gasteiger partial charge in [0.2, 0.25) is 0 Å². The average Bonchev–Trinajstić information content (AvgIpc) is 3.33. The zero-order valence-corrected chi connectivity index (χ0v) is 17.7. The molecular formula is C25H29N3O2. The highest BCUT2D eigenvalue weighted by atomic mass is 16.5. The first-order valence-electron chi connectivity index (χ1n) is 10.6. The maximum Gasteiger partial charge on any atom is 0.151 e. The maximum absolute atomic E-state index is 6.41. The molecule has 2 heterocycles. The second-order valence-corrected chi connectivity index (χ2v) is 7.51. The second kappa shape index (κ2) is 9.63. The Labute approximate surface area is 178 Å². The standard InChI is InChI=1S/C25H29N3O2/c1-3-16-28(25-7-5-15-27-25)23-13-8-19(20-6-4-14-26-18-20)17-24(23)30-22-11-9-21(29-2)10-12-22/h4,6,8-14,17-18,25,27H,3,5,7,15-16H2,1-2H3/t25-/m0/s1. The smallest absolute Gasteiger partial charge is 0.151 e. The van der Waals surface area contributed by atoms with E-state index in [9.17, 15) is 0 Å². The summed E-state index contributed by atoms with van der Waals surface area (Å²) in [5.74, 6) is 2.45. The molecule has 1 aliphatic rings. The molecule has 5 heteroatoms. The molecule has 1 aliphatic heterocycles. The molecule has 0 amide bonds. The fourth-order valence-electron chi connectivity index (χ4n) is 3.93. The van der Waals surface area contributed by atoms with Gasteiger partial charge in [-0.3, -0.25) is 10.3 Å². The van der Waals surface area contributed by atoms with Gasteiger partial charge in [-0.25, -0.2) is 0 Å². The minimum absolute atomic E-state index is 0.340. The predicted molar refractivity (Wildman–Crippen MR) is 121 cm³/mol. The Bertz CT molecular complexity index is 938. The van der Waals surface area contributed by atoms with Gasteiger partial charge in [0.05, 0.1) is 19.0 Å². The Morgan fingerprint density at radius 2 is 1.90 bits per heavy atom. The molecule has 1 fully saturated rings. The lowest BCUT2D eigenvalue weighted by molar-refractivity contribution is 0.412. The topological polar surface area (TPSA) is 46.6 Å². The van der Waals surface area contributed by atoms with Gasteiger partial charge < -0.3 is 14.4 Å². The Kier molecular flexibility index (Phi) is 6.50. The molecule has 0 saturated carbocycles. The molecule has 30 heavy (non-hydrogen) atoms. The predicted octanol–water partition coefficient (Wildman–Crippen LogP) is 5.48. The molecule has 0 unspecified atom stereocenters. The highest BCUT2D eigenvalue weighted by molar-refractivity contribution is 5.72. The SMILES string of the molecule is CCCN(c1ccc(-c2cccnc2)cc1Oc1ccc(OC)cc1)[C@H]1CCCN1. The van der Waals surface area contributed by atoms with E-state index in [-0.39, 0.29) is 0 Å². The van der Waals surface area contributed by atoms with Crippen LogP contribution in [0.25, 0.3) is 11.1 Å². The van der Waals surface area contributed by atoms with E-state index in [1.807, 2.05) is 36.5 Å². The lowest BCUT2D eigenvalue weighted by atomic mass is 10.1. The van der Waals surface area contributed by atoms with E-state index >= 15 is 0 Å². The van der Waals surface area contributed by atoms with Crippen molar-refractivity contribution in [1.82, 2.24) is 10.3 Å². The number of methoxy groups -OCH3 is 1. The van der Waals surface area contributed by atoms with Gasteiger partial charge in [0, 0.05) is 24.5 Å². The monoisotopic (exact) mass is 403 g/mol. The quantitative estimate of drug-likeness (QED) is 0.540. The molecule has 1 saturated heterocycles. The summed E-state index contributed by atoms with van der Waals surface area (Å²) in [6.07, 6.45) is 7.44. The third-order valence-electron chi connectivity index (χ3n) is 5.43. The van der Waals surface area contributed by atoms with Gasteiger partial charge >= 0.3 is 0 Å². The molecule has 0 aliphatic carbocycles. The summed E-state index contributed by atoms with van der Waals surface area (Å²) in [5, 5.41) is 3.64. The van der Waals surface area contributed by atoms with Crippen LogP contribution in [-0.2, 0) is 0 Å². The van der Waals surface area contributed by atoms with Crippen molar-refractivity contribution in [2.45, 2.75) is 32.4 Å². The Morgan fingerprint density at radius 1 is 1.07 bits per heavy atom. The van der Waals surface area contributed by atoms with Crippen LogP contribution in [0.4, 0.5) is 5.69 Å². The summed E-state index contributed by atoms with van der Waals surface area (Å²) in [5.41, 5.74) is 3.27. The van der Waals surface area contributed by atoms with Gasteiger partial charge in [0.15, 0.2) is 5.75 Å². The van der Waals surface area contributed by atoms with E-state index in [0.717, 1.165) is 60.0 Å². The molecule has 1 aromatic heterocycles. The van der Waals surface area contributed by atoms with Gasteiger partial charge in [-0.15, -0.1) is 0 Å². The van der Waals surface area contributed by atoms with Crippen LogP contribution in [-0.4, -0.2) is 31.3 Å². The summed E-state index contributed by atoms with van der Waals surface area (Å²) in [7, 11) is 1.67. The van der Waals surface area contributed by atoms with Gasteiger partial charge in [-0.2, -0.15) is 0 Å². The number of hydrogen-bond acceptors (Lipinski definition) is 5. The third kappa shape index (κ3) is 4.57. The van der Waals surface area contributed by atoms with E-state index in [4.69, 9.17) is 9.47 Å². The van der Waals surface area contributed by atoms with E-state index in [1.165, 1.54) is 6.42 Å². The second-order valence-electron chi connectivity index (χ2n) is 7.51. The van der Waals surface area contributed by atoms with E-state index in [1.54, 1.807) is 13.3 Å². The number of anilines is 1. The Hall–Kier alpha value is -3.05. The highest BCUT2D eigenvalue weighted by Crippen LogP contribution is 2.38. The lowest BCUT2D eigenvalue weighted by Gasteiger charge is -2.32. The third-order valence-corrected chi connectivity index (χ3v) is 5.43. The molecule has 5 nitrogen and oxygen atoms in total. The van der Waals surface area contributed by atoms with Crippen molar-refractivity contribution in [3.63, 3.8) is 0 Å². The van der Waals surface area contributed by atoms with Gasteiger partial charge in [-0.05, 0) is 73.8 Å². The van der Waals surface area contributed by atoms with Crippen molar-refractivity contribution in [3.05, 3.63) is 67.0 Å². The number of nitrogens with one attached hydrogen (secondary N) is 1. The number of aromatic nitrogens is 1. The molecule has 0 bridgehead atoms. The number of hydrogen-bond donors (Lipinski definition) is 1. The maximum atomic E-state index is 6.41. The van der Waals surface area contributed by atoms with Crippen LogP contribution in [0, 0.1) is 0 Å². The van der Waals surface area contributed by atoms with Crippen molar-refractivity contribution in [3.8, 4) is 28.4 Å². The van der Waals surface area contributed by atoms with Crippen LogP contribution in [0.1, 0.15) is 26.2 Å². The van der Waals surface area contributed by atoms with Crippen molar-refractivity contribution in [1.29, 1.82) is 0 Å². The number of rotatable bonds is 8. The zero-order chi connectivity index (χ0) is 20.8. The first-order chi connectivity index (χ1) is 14.8. The zero-order valence-electron chi connectivity index (χ0n) is 17.7. The fourth-order valence-corrected chi connectivity index (χ4v) is 3.93. The van der Waals surface area contributed by atoms with E-state index in [2.05, 4.69) is 46.4 Å². The van der Waals surface area contributed by atoms with Crippen molar-refractivity contribution in [2.24, 2.45) is 0 Å². The normalized spacial score (nSPS) is 15.7. The summed E-state index contributed by atoms with van der Waals surface area (Å²) in [4.78, 5) is 6.71. The fraction of sp³-hybridized carbons (Fsp3) is 0.320. The van der Waals surface area contributed by atoms with E-state index in [0.29, 0.717) is 6.17 Å². The molecule has 2 aromatic carbocycles. The Morgan fingerprint density at radius 3 is 2.57 bits per heavy atom. The number of ether oxygens (including phenoxy) is 2. The molecule has 4 rings (SSSR count). The van der Waals surface area contributed by atoms with Crippen molar-refractivity contribution >= 4 is 5.69 Å². The van der Waals surface area contributed by atoms with Gasteiger partial charge in [-0.1, -0.05) is 19.1 Å². The van der Waals surface area contributed by atoms with Crippen LogP contribution >= 0.6 is 0 Å². The van der Waals surface area contributed by atoms with Crippen LogP contribution in [0.5, 0.6) is 17.2 Å². The highest BCUT2D eigenvalue weighted by Gasteiger charge is 2.24. The van der Waals surface area contributed by atoms with Crippen molar-refractivity contribution in [2.75, 3.05) is 25.1 Å². The summed E-state index contributed by atoms with van der Waals surface area (Å²) < 4.78 is 11.7. The largest absolute Gasteiger partial charge is 0.497 e. The molecule has 156 valence electrons. The summed E-state index contributed by atoms with van der Waals surface area (Å²) >= 11 is 0. The first kappa shape index (κ1) is 20.2. The van der Waals surface area contributed by atoms with Crippen LogP contribution < -0.4 is 19.7 Å². The number of benzene rings is 2. The summed E-state index contributed by atoms with van der Waals surface area (Å²) in [6.45, 7) is 4.26. The van der Waals surface area contributed by atoms with Crippen molar-refractivity contribution < 1.29 is 9.47 Å². The van der Waals surface area contributed by atoms with Crippen LogP contribution in [0.15, 0.2) is 67.0 Å². The molecule has 3 aromatic rings. The van der Waals surface area contributed by atoms with E-state index < -0.39 is 0 Å². The molecule has 1 N–H and O–H groups in total. The lowest BCUT2D eigenvalue weighted by Crippen LogP contribution is -2.42.